The first kappa shape index (κ1) is 29.3. The van der Waals surface area contributed by atoms with Gasteiger partial charge in [0.2, 0.25) is 0 Å². The Balaban J connectivity index is 0. The van der Waals surface area contributed by atoms with E-state index in [0.717, 1.165) is 0 Å². The standard InChI is InChI=1S/C8H24O3Si3.C7H22O2Si3/c1-12(2,3)10-14(7,8-9)11-13(4,5)6;1-10(8-11(2,3)4)9-12(5,6)7/h9H,8H2,1-7H3;10H,1-7H3. The summed E-state index contributed by atoms with van der Waals surface area (Å²) in [7, 11) is -9.59. The van der Waals surface area contributed by atoms with E-state index in [-0.39, 0.29) is 6.23 Å². The minimum Gasteiger partial charge on any atom is -0.439 e. The summed E-state index contributed by atoms with van der Waals surface area (Å²) >= 11 is 0. The third-order valence-electron chi connectivity index (χ3n) is 2.37. The van der Waals surface area contributed by atoms with Crippen LogP contribution in [0.3, 0.4) is 0 Å². The van der Waals surface area contributed by atoms with Gasteiger partial charge in [0, 0.05) is 0 Å². The zero-order valence-corrected chi connectivity index (χ0v) is 26.0. The van der Waals surface area contributed by atoms with Gasteiger partial charge in [-0.3, -0.25) is 0 Å². The zero-order chi connectivity index (χ0) is 21.6. The molecule has 11 heteroatoms. The maximum atomic E-state index is 9.37. The van der Waals surface area contributed by atoms with Gasteiger partial charge in [0.1, 0.15) is 0 Å². The van der Waals surface area contributed by atoms with E-state index in [2.05, 4.69) is 85.1 Å². The minimum absolute atomic E-state index is 0.0571. The first-order valence-corrected chi connectivity index (χ1v) is 27.7. The molecular formula is C15H46O5Si6. The second kappa shape index (κ2) is 10.8. The second-order valence-electron chi connectivity index (χ2n) is 10.7. The molecule has 0 radical (unpaired) electrons. The molecule has 0 aliphatic heterocycles. The summed E-state index contributed by atoms with van der Waals surface area (Å²) < 4.78 is 23.8. The van der Waals surface area contributed by atoms with Crippen LogP contribution in [0.1, 0.15) is 0 Å². The smallest absolute Gasteiger partial charge is 0.340 e. The van der Waals surface area contributed by atoms with E-state index in [0.29, 0.717) is 0 Å². The van der Waals surface area contributed by atoms with Crippen molar-refractivity contribution in [2.45, 2.75) is 91.7 Å². The highest BCUT2D eigenvalue weighted by atomic mass is 28.5. The molecule has 26 heavy (non-hydrogen) atoms. The van der Waals surface area contributed by atoms with Crippen molar-refractivity contribution in [1.29, 1.82) is 0 Å². The fourth-order valence-corrected chi connectivity index (χ4v) is 22.4. The van der Waals surface area contributed by atoms with Crippen molar-refractivity contribution in [1.82, 2.24) is 0 Å². The van der Waals surface area contributed by atoms with Gasteiger partial charge in [-0.25, -0.2) is 0 Å². The van der Waals surface area contributed by atoms with Crippen molar-refractivity contribution in [3.8, 4) is 0 Å². The Kier molecular flexibility index (Phi) is 12.1. The number of rotatable bonds is 9. The van der Waals surface area contributed by atoms with Crippen LogP contribution in [0.4, 0.5) is 0 Å². The first-order chi connectivity index (χ1) is 11.1. The summed E-state index contributed by atoms with van der Waals surface area (Å²) in [6, 6.07) is 0. The molecule has 0 heterocycles. The van der Waals surface area contributed by atoms with Gasteiger partial charge in [0.15, 0.2) is 33.3 Å². The molecule has 0 fully saturated rings. The van der Waals surface area contributed by atoms with Crippen molar-refractivity contribution in [2.75, 3.05) is 6.23 Å². The van der Waals surface area contributed by atoms with Crippen molar-refractivity contribution in [3.63, 3.8) is 0 Å². The van der Waals surface area contributed by atoms with Crippen LogP contribution in [0.5, 0.6) is 0 Å². The van der Waals surface area contributed by atoms with E-state index < -0.39 is 51.1 Å². The molecule has 5 nitrogen and oxygen atoms in total. The average molecular weight is 475 g/mol. The fourth-order valence-electron chi connectivity index (χ4n) is 2.40. The van der Waals surface area contributed by atoms with Crippen molar-refractivity contribution >= 4 is 51.1 Å². The van der Waals surface area contributed by atoms with E-state index in [1.807, 2.05) is 6.55 Å². The lowest BCUT2D eigenvalue weighted by Gasteiger charge is -2.37. The number of aliphatic hydroxyl groups is 1. The molecule has 0 saturated heterocycles. The molecule has 0 atom stereocenters. The van der Waals surface area contributed by atoms with Gasteiger partial charge in [-0.1, -0.05) is 0 Å². The summed E-state index contributed by atoms with van der Waals surface area (Å²) in [5.41, 5.74) is 0. The molecule has 0 spiro atoms. The van der Waals surface area contributed by atoms with Gasteiger partial charge in [0.25, 0.3) is 9.28 Å². The number of aliphatic hydroxyl groups excluding tert-OH is 1. The predicted octanol–water partition coefficient (Wildman–Crippen LogP) is 4.83. The monoisotopic (exact) mass is 474 g/mol. The molecule has 0 unspecified atom stereocenters. The molecule has 0 rings (SSSR count). The van der Waals surface area contributed by atoms with Crippen LogP contribution >= 0.6 is 0 Å². The van der Waals surface area contributed by atoms with E-state index in [4.69, 9.17) is 16.5 Å². The maximum absolute atomic E-state index is 9.37. The summed E-state index contributed by atoms with van der Waals surface area (Å²) in [5, 5.41) is 9.37. The van der Waals surface area contributed by atoms with Gasteiger partial charge in [-0.15, -0.1) is 0 Å². The lowest BCUT2D eigenvalue weighted by atomic mass is 11.7. The van der Waals surface area contributed by atoms with Crippen LogP contribution in [0.2, 0.25) is 91.7 Å². The van der Waals surface area contributed by atoms with Crippen LogP contribution in [-0.2, 0) is 16.5 Å². The lowest BCUT2D eigenvalue weighted by Crippen LogP contribution is -2.55. The largest absolute Gasteiger partial charge is 0.439 e. The van der Waals surface area contributed by atoms with Crippen molar-refractivity contribution in [3.05, 3.63) is 0 Å². The molecule has 0 amide bonds. The zero-order valence-electron chi connectivity index (χ0n) is 19.9. The third-order valence-corrected chi connectivity index (χ3v) is 19.6. The van der Waals surface area contributed by atoms with Gasteiger partial charge >= 0.3 is 8.56 Å². The summed E-state index contributed by atoms with van der Waals surface area (Å²) in [5.74, 6) is 0. The Bertz CT molecular complexity index is 363. The Hall–Kier alpha value is 1.10. The lowest BCUT2D eigenvalue weighted by molar-refractivity contribution is 0.279. The Morgan fingerprint density at radius 1 is 0.577 bits per heavy atom. The molecular weight excluding hydrogens is 429 g/mol. The molecule has 0 aromatic rings. The second-order valence-corrected chi connectivity index (χ2v) is 34.9. The van der Waals surface area contributed by atoms with Crippen LogP contribution in [0.15, 0.2) is 0 Å². The topological polar surface area (TPSA) is 57.2 Å². The molecule has 160 valence electrons. The van der Waals surface area contributed by atoms with Crippen molar-refractivity contribution < 1.29 is 21.6 Å². The summed E-state index contributed by atoms with van der Waals surface area (Å²) in [6.07, 6.45) is 0.0571. The van der Waals surface area contributed by atoms with E-state index >= 15 is 0 Å². The summed E-state index contributed by atoms with van der Waals surface area (Å²) in [4.78, 5) is 0. The van der Waals surface area contributed by atoms with Gasteiger partial charge in [0.05, 0.1) is 6.23 Å². The van der Waals surface area contributed by atoms with Crippen LogP contribution in [0.25, 0.3) is 0 Å². The highest BCUT2D eigenvalue weighted by molar-refractivity contribution is 6.87. The highest BCUT2D eigenvalue weighted by Gasteiger charge is 2.39. The molecule has 0 aliphatic carbocycles. The Morgan fingerprint density at radius 3 is 1.00 bits per heavy atom. The summed E-state index contributed by atoms with van der Waals surface area (Å²) in [6.45, 7) is 30.1. The van der Waals surface area contributed by atoms with E-state index in [9.17, 15) is 5.11 Å². The first-order valence-electron chi connectivity index (χ1n) is 9.44. The number of hydrogen-bond acceptors (Lipinski definition) is 5. The van der Waals surface area contributed by atoms with Crippen LogP contribution in [-0.4, -0.2) is 62.5 Å². The van der Waals surface area contributed by atoms with E-state index in [1.165, 1.54) is 0 Å². The Labute approximate surface area is 170 Å². The SMILES string of the molecule is C[SiH](O[Si](C)(C)C)O[Si](C)(C)C.C[Si](C)(C)O[Si](C)(CO)O[Si](C)(C)C. The number of hydrogen-bond donors (Lipinski definition) is 1. The molecule has 0 bridgehead atoms. The van der Waals surface area contributed by atoms with Gasteiger partial charge < -0.3 is 21.6 Å². The molecule has 0 aromatic heterocycles. The molecule has 0 saturated carbocycles. The molecule has 0 aliphatic rings. The normalized spacial score (nSPS) is 14.3. The van der Waals surface area contributed by atoms with Crippen LogP contribution < -0.4 is 0 Å². The minimum atomic E-state index is -2.32. The fraction of sp³-hybridized carbons (Fsp3) is 1.00. The highest BCUT2D eigenvalue weighted by Crippen LogP contribution is 2.19. The Morgan fingerprint density at radius 2 is 0.846 bits per heavy atom. The van der Waals surface area contributed by atoms with Gasteiger partial charge in [-0.2, -0.15) is 0 Å². The predicted molar refractivity (Wildman–Crippen MR) is 129 cm³/mol. The third kappa shape index (κ3) is 21.4. The molecule has 0 aromatic carbocycles. The average Bonchev–Trinajstić information content (AvgIpc) is 2.18. The quantitative estimate of drug-likeness (QED) is 0.485. The maximum Gasteiger partial charge on any atom is 0.340 e. The van der Waals surface area contributed by atoms with Crippen LogP contribution in [0, 0.1) is 0 Å². The molecule has 1 N–H and O–H groups in total. The van der Waals surface area contributed by atoms with Crippen molar-refractivity contribution in [2.24, 2.45) is 0 Å². The van der Waals surface area contributed by atoms with Gasteiger partial charge in [-0.05, 0) is 91.7 Å². The van der Waals surface area contributed by atoms with E-state index in [1.54, 1.807) is 0 Å².